The maximum atomic E-state index is 12.1. The average Bonchev–Trinajstić information content (AvgIpc) is 2.92. The number of thiophene rings is 1. The highest BCUT2D eigenvalue weighted by atomic mass is 32.1. The molecule has 18 heavy (non-hydrogen) atoms. The van der Waals surface area contributed by atoms with Crippen molar-refractivity contribution in [3.63, 3.8) is 0 Å². The first-order valence-corrected chi connectivity index (χ1v) is 7.26. The zero-order valence-electron chi connectivity index (χ0n) is 10.6. The molecule has 4 nitrogen and oxygen atoms in total. The van der Waals surface area contributed by atoms with Gasteiger partial charge in [0.1, 0.15) is 0 Å². The zero-order valence-corrected chi connectivity index (χ0v) is 11.4. The highest BCUT2D eigenvalue weighted by Crippen LogP contribution is 2.12. The summed E-state index contributed by atoms with van der Waals surface area (Å²) in [6.45, 7) is 4.62. The van der Waals surface area contributed by atoms with Gasteiger partial charge in [0, 0.05) is 38.0 Å². The number of hydrogen-bond acceptors (Lipinski definition) is 3. The van der Waals surface area contributed by atoms with E-state index in [2.05, 4.69) is 0 Å². The first-order valence-electron chi connectivity index (χ1n) is 6.31. The van der Waals surface area contributed by atoms with Crippen molar-refractivity contribution < 1.29 is 9.59 Å². The van der Waals surface area contributed by atoms with E-state index < -0.39 is 0 Å². The number of hydrogen-bond donors (Lipinski definition) is 0. The maximum absolute atomic E-state index is 12.1. The van der Waals surface area contributed by atoms with Crippen molar-refractivity contribution in [1.82, 2.24) is 9.80 Å². The quantitative estimate of drug-likeness (QED) is 0.837. The molecule has 0 aliphatic carbocycles. The molecule has 1 aromatic heterocycles. The summed E-state index contributed by atoms with van der Waals surface area (Å²) >= 11 is 1.53. The van der Waals surface area contributed by atoms with Gasteiger partial charge in [-0.2, -0.15) is 11.3 Å². The first kappa shape index (κ1) is 13.1. The largest absolute Gasteiger partial charge is 0.339 e. The standard InChI is InChI=1S/C13H18N2O2S/c1-2-3-12(16)14-5-7-15(8-6-14)13(17)11-4-9-18-10-11/h4,9-10H,2-3,5-8H2,1H3. The fourth-order valence-corrected chi connectivity index (χ4v) is 2.73. The summed E-state index contributed by atoms with van der Waals surface area (Å²) in [4.78, 5) is 27.5. The van der Waals surface area contributed by atoms with E-state index >= 15 is 0 Å². The molecule has 98 valence electrons. The predicted molar refractivity (Wildman–Crippen MR) is 71.7 cm³/mol. The topological polar surface area (TPSA) is 40.6 Å². The van der Waals surface area contributed by atoms with Crippen LogP contribution >= 0.6 is 11.3 Å². The van der Waals surface area contributed by atoms with E-state index in [4.69, 9.17) is 0 Å². The van der Waals surface area contributed by atoms with Crippen molar-refractivity contribution in [2.75, 3.05) is 26.2 Å². The summed E-state index contributed by atoms with van der Waals surface area (Å²) < 4.78 is 0. The number of piperazine rings is 1. The minimum Gasteiger partial charge on any atom is -0.339 e. The lowest BCUT2D eigenvalue weighted by Gasteiger charge is -2.34. The fourth-order valence-electron chi connectivity index (χ4n) is 2.10. The van der Waals surface area contributed by atoms with Crippen LogP contribution in [0.1, 0.15) is 30.1 Å². The van der Waals surface area contributed by atoms with E-state index in [-0.39, 0.29) is 11.8 Å². The minimum absolute atomic E-state index is 0.0823. The second-order valence-electron chi connectivity index (χ2n) is 4.44. The predicted octanol–water partition coefficient (Wildman–Crippen LogP) is 1.83. The molecule has 1 fully saturated rings. The molecular formula is C13H18N2O2S. The lowest BCUT2D eigenvalue weighted by Crippen LogP contribution is -2.50. The Balaban J connectivity index is 1.87. The lowest BCUT2D eigenvalue weighted by molar-refractivity contribution is -0.132. The molecule has 2 heterocycles. The van der Waals surface area contributed by atoms with E-state index in [9.17, 15) is 9.59 Å². The van der Waals surface area contributed by atoms with Crippen LogP contribution in [0.2, 0.25) is 0 Å². The number of carbonyl (C=O) groups excluding carboxylic acids is 2. The van der Waals surface area contributed by atoms with E-state index in [1.807, 2.05) is 33.6 Å². The van der Waals surface area contributed by atoms with Gasteiger partial charge in [0.2, 0.25) is 5.91 Å². The molecule has 5 heteroatoms. The van der Waals surface area contributed by atoms with Crippen LogP contribution in [0.3, 0.4) is 0 Å². The van der Waals surface area contributed by atoms with Crippen molar-refractivity contribution in [3.8, 4) is 0 Å². The molecule has 2 rings (SSSR count). The van der Waals surface area contributed by atoms with Gasteiger partial charge >= 0.3 is 0 Å². The summed E-state index contributed by atoms with van der Waals surface area (Å²) in [5.41, 5.74) is 0.758. The lowest BCUT2D eigenvalue weighted by atomic mass is 10.2. The molecule has 0 bridgehead atoms. The summed E-state index contributed by atoms with van der Waals surface area (Å²) in [6.07, 6.45) is 1.49. The van der Waals surface area contributed by atoms with Crippen molar-refractivity contribution >= 4 is 23.2 Å². The van der Waals surface area contributed by atoms with Crippen LogP contribution in [-0.4, -0.2) is 47.8 Å². The van der Waals surface area contributed by atoms with Crippen LogP contribution in [0.4, 0.5) is 0 Å². The second-order valence-corrected chi connectivity index (χ2v) is 5.22. The SMILES string of the molecule is CCCC(=O)N1CCN(C(=O)c2ccsc2)CC1. The fraction of sp³-hybridized carbons (Fsp3) is 0.538. The highest BCUT2D eigenvalue weighted by Gasteiger charge is 2.24. The Bertz CT molecular complexity index is 409. The average molecular weight is 266 g/mol. The number of carbonyl (C=O) groups is 2. The first-order chi connectivity index (χ1) is 8.72. The Morgan fingerprint density at radius 2 is 1.89 bits per heavy atom. The molecule has 1 aromatic rings. The summed E-state index contributed by atoms with van der Waals surface area (Å²) in [5, 5.41) is 3.78. The molecule has 0 spiro atoms. The van der Waals surface area contributed by atoms with Crippen molar-refractivity contribution in [3.05, 3.63) is 22.4 Å². The Kier molecular flexibility index (Phi) is 4.36. The number of rotatable bonds is 3. The van der Waals surface area contributed by atoms with E-state index in [1.54, 1.807) is 0 Å². The van der Waals surface area contributed by atoms with Crippen LogP contribution < -0.4 is 0 Å². The molecule has 0 saturated carbocycles. The number of amides is 2. The van der Waals surface area contributed by atoms with Crippen LogP contribution in [-0.2, 0) is 4.79 Å². The Morgan fingerprint density at radius 1 is 1.22 bits per heavy atom. The smallest absolute Gasteiger partial charge is 0.254 e. The normalized spacial score (nSPS) is 15.8. The van der Waals surface area contributed by atoms with Crippen molar-refractivity contribution in [2.45, 2.75) is 19.8 Å². The molecule has 1 aliphatic rings. The third-order valence-electron chi connectivity index (χ3n) is 3.15. The second kappa shape index (κ2) is 6.00. The zero-order chi connectivity index (χ0) is 13.0. The van der Waals surface area contributed by atoms with Crippen molar-refractivity contribution in [2.24, 2.45) is 0 Å². The molecule has 0 unspecified atom stereocenters. The minimum atomic E-state index is 0.0823. The van der Waals surface area contributed by atoms with E-state index in [1.165, 1.54) is 11.3 Å². The Labute approximate surface area is 111 Å². The molecule has 2 amide bonds. The van der Waals surface area contributed by atoms with Crippen LogP contribution in [0.5, 0.6) is 0 Å². The summed E-state index contributed by atoms with van der Waals surface area (Å²) in [6, 6.07) is 1.85. The van der Waals surface area contributed by atoms with Gasteiger partial charge in [0.05, 0.1) is 5.56 Å². The van der Waals surface area contributed by atoms with Gasteiger partial charge in [0.15, 0.2) is 0 Å². The van der Waals surface area contributed by atoms with E-state index in [0.29, 0.717) is 32.6 Å². The molecular weight excluding hydrogens is 248 g/mol. The van der Waals surface area contributed by atoms with Gasteiger partial charge in [-0.25, -0.2) is 0 Å². The Morgan fingerprint density at radius 3 is 2.44 bits per heavy atom. The van der Waals surface area contributed by atoms with Gasteiger partial charge in [-0.3, -0.25) is 9.59 Å². The molecule has 0 N–H and O–H groups in total. The third kappa shape index (κ3) is 2.90. The van der Waals surface area contributed by atoms with Crippen LogP contribution in [0.25, 0.3) is 0 Å². The highest BCUT2D eigenvalue weighted by molar-refractivity contribution is 7.08. The van der Waals surface area contributed by atoms with Crippen molar-refractivity contribution in [1.29, 1.82) is 0 Å². The number of nitrogens with zero attached hydrogens (tertiary/aromatic N) is 2. The van der Waals surface area contributed by atoms with Gasteiger partial charge in [-0.05, 0) is 17.9 Å². The van der Waals surface area contributed by atoms with Gasteiger partial charge in [-0.15, -0.1) is 0 Å². The molecule has 1 saturated heterocycles. The monoisotopic (exact) mass is 266 g/mol. The van der Waals surface area contributed by atoms with Gasteiger partial charge in [-0.1, -0.05) is 6.92 Å². The van der Waals surface area contributed by atoms with Crippen LogP contribution in [0, 0.1) is 0 Å². The maximum Gasteiger partial charge on any atom is 0.254 e. The van der Waals surface area contributed by atoms with Gasteiger partial charge < -0.3 is 9.80 Å². The summed E-state index contributed by atoms with van der Waals surface area (Å²) in [5.74, 6) is 0.291. The molecule has 0 atom stereocenters. The molecule has 0 aromatic carbocycles. The van der Waals surface area contributed by atoms with E-state index in [0.717, 1.165) is 12.0 Å². The summed E-state index contributed by atoms with van der Waals surface area (Å²) in [7, 11) is 0. The van der Waals surface area contributed by atoms with Gasteiger partial charge in [0.25, 0.3) is 5.91 Å². The molecule has 0 radical (unpaired) electrons. The van der Waals surface area contributed by atoms with Crippen LogP contribution in [0.15, 0.2) is 16.8 Å². The Hall–Kier alpha value is -1.36. The molecule has 1 aliphatic heterocycles. The third-order valence-corrected chi connectivity index (χ3v) is 3.83.